The molecule has 0 heterocycles. The van der Waals surface area contributed by atoms with Crippen molar-refractivity contribution in [2.45, 2.75) is 180 Å². The molecule has 0 aromatic carbocycles. The summed E-state index contributed by atoms with van der Waals surface area (Å²) in [6, 6.07) is 0. The molecule has 0 fully saturated rings. The zero-order chi connectivity index (χ0) is 44.9. The molecule has 0 aliphatic rings. The number of hydrogen-bond donors (Lipinski definition) is 1. The van der Waals surface area contributed by atoms with Crippen LogP contribution in [0.1, 0.15) is 168 Å². The number of aliphatic carboxylic acids is 1. The van der Waals surface area contributed by atoms with Crippen molar-refractivity contribution in [2.24, 2.45) is 0 Å². The third kappa shape index (κ3) is 44.3. The van der Waals surface area contributed by atoms with E-state index in [1.54, 1.807) is 0 Å². The Morgan fingerprint density at radius 3 is 1.39 bits per heavy atom. The van der Waals surface area contributed by atoms with Gasteiger partial charge in [-0.25, -0.2) is 4.79 Å². The first-order valence-electron chi connectivity index (χ1n) is 23.8. The molecule has 2 atom stereocenters. The molecule has 0 aromatic heterocycles. The fourth-order valence-corrected chi connectivity index (χ4v) is 5.99. The van der Waals surface area contributed by atoms with Crippen molar-refractivity contribution in [1.29, 1.82) is 0 Å². The molecule has 0 rings (SSSR count). The number of nitrogens with zero attached hydrogens (tertiary/aromatic N) is 1. The third-order valence-corrected chi connectivity index (χ3v) is 9.67. The SMILES string of the molecule is CC/C=C\C/C=C\C/C=C\C/C=C\C/C=C\C/C=C\C/C=C\CCCCCCCCCC(=O)OC(COC(=O)CCCCCCCCC)COC(OCC[N+](C)(C)C)C(=O)O. The van der Waals surface area contributed by atoms with Crippen LogP contribution in [0.25, 0.3) is 0 Å². The molecule has 0 spiro atoms. The van der Waals surface area contributed by atoms with Crippen LogP contribution >= 0.6 is 0 Å². The van der Waals surface area contributed by atoms with Gasteiger partial charge < -0.3 is 28.5 Å². The van der Waals surface area contributed by atoms with Crippen molar-refractivity contribution in [3.05, 3.63) is 85.1 Å². The van der Waals surface area contributed by atoms with E-state index in [9.17, 15) is 19.5 Å². The van der Waals surface area contributed by atoms with Crippen LogP contribution in [0.15, 0.2) is 85.1 Å². The van der Waals surface area contributed by atoms with Crippen LogP contribution in [0.3, 0.4) is 0 Å². The number of likely N-dealkylation sites (N-methyl/N-ethyl adjacent to an activating group) is 1. The highest BCUT2D eigenvalue weighted by atomic mass is 16.7. The van der Waals surface area contributed by atoms with Crippen LogP contribution in [0, 0.1) is 0 Å². The number of allylic oxidation sites excluding steroid dienone is 14. The number of esters is 2. The normalized spacial score (nSPS) is 13.7. The molecule has 348 valence electrons. The van der Waals surface area contributed by atoms with E-state index in [1.165, 1.54) is 44.9 Å². The predicted molar refractivity (Wildman–Crippen MR) is 253 cm³/mol. The highest BCUT2D eigenvalue weighted by Crippen LogP contribution is 2.13. The minimum atomic E-state index is -1.51. The Morgan fingerprint density at radius 2 is 0.934 bits per heavy atom. The van der Waals surface area contributed by atoms with Crippen molar-refractivity contribution >= 4 is 17.9 Å². The monoisotopic (exact) mass is 855 g/mol. The minimum absolute atomic E-state index is 0.182. The lowest BCUT2D eigenvalue weighted by Crippen LogP contribution is -2.40. The maximum Gasteiger partial charge on any atom is 0.361 e. The average molecular weight is 855 g/mol. The maximum atomic E-state index is 12.7. The highest BCUT2D eigenvalue weighted by molar-refractivity contribution is 5.71. The highest BCUT2D eigenvalue weighted by Gasteiger charge is 2.25. The summed E-state index contributed by atoms with van der Waals surface area (Å²) < 4.78 is 22.6. The van der Waals surface area contributed by atoms with Crippen LogP contribution in [0.2, 0.25) is 0 Å². The molecule has 9 nitrogen and oxygen atoms in total. The van der Waals surface area contributed by atoms with Crippen molar-refractivity contribution in [3.8, 4) is 0 Å². The van der Waals surface area contributed by atoms with Crippen molar-refractivity contribution in [3.63, 3.8) is 0 Å². The number of unbranched alkanes of at least 4 members (excludes halogenated alkanes) is 13. The van der Waals surface area contributed by atoms with Gasteiger partial charge >= 0.3 is 17.9 Å². The molecular formula is C52H88NO8+. The summed E-state index contributed by atoms with van der Waals surface area (Å²) in [5.74, 6) is -2.04. The molecule has 2 unspecified atom stereocenters. The second-order valence-electron chi connectivity index (χ2n) is 16.7. The molecule has 0 aromatic rings. The summed E-state index contributed by atoms with van der Waals surface area (Å²) >= 11 is 0. The van der Waals surface area contributed by atoms with E-state index in [4.69, 9.17) is 18.9 Å². The van der Waals surface area contributed by atoms with Gasteiger partial charge in [-0.05, 0) is 70.6 Å². The molecule has 0 bridgehead atoms. The summed E-state index contributed by atoms with van der Waals surface area (Å²) in [5.41, 5.74) is 0. The van der Waals surface area contributed by atoms with E-state index < -0.39 is 24.3 Å². The third-order valence-electron chi connectivity index (χ3n) is 9.67. The Hall–Kier alpha value is -3.53. The summed E-state index contributed by atoms with van der Waals surface area (Å²) in [5, 5.41) is 9.61. The van der Waals surface area contributed by atoms with Gasteiger partial charge in [-0.15, -0.1) is 0 Å². The number of ether oxygens (including phenoxy) is 4. The molecule has 9 heteroatoms. The fraction of sp³-hybridized carbons (Fsp3) is 0.673. The Kier molecular flexibility index (Phi) is 40.6. The second-order valence-corrected chi connectivity index (χ2v) is 16.7. The standard InChI is InChI=1S/C52H87NO8/c1-6-8-10-12-14-15-16-17-18-19-20-21-22-23-24-25-26-27-28-29-30-31-32-33-34-35-37-39-41-43-50(55)61-48(46-59-49(54)42-40-38-36-13-11-9-7-2)47-60-52(51(56)57)58-45-44-53(3,4)5/h8,10,14-15,17-18,20-21,23-24,26-27,29-30,48,52H,6-7,9,11-13,16,19,22,25,28,31-47H2,1-5H3/p+1/b10-8-,15-14-,18-17-,21-20-,24-23-,27-26-,30-29-. The number of carboxylic acids is 1. The Balaban J connectivity index is 4.24. The van der Waals surface area contributed by atoms with Crippen LogP contribution in [0.4, 0.5) is 0 Å². The van der Waals surface area contributed by atoms with Crippen molar-refractivity contribution < 1.29 is 42.9 Å². The lowest BCUT2D eigenvalue weighted by atomic mass is 10.1. The molecule has 0 saturated carbocycles. The second kappa shape index (κ2) is 43.1. The van der Waals surface area contributed by atoms with Crippen LogP contribution in [-0.4, -0.2) is 87.4 Å². The number of rotatable bonds is 42. The quantitative estimate of drug-likeness (QED) is 0.0213. The van der Waals surface area contributed by atoms with E-state index in [0.717, 1.165) is 89.9 Å². The largest absolute Gasteiger partial charge is 0.477 e. The fourth-order valence-electron chi connectivity index (χ4n) is 5.99. The van der Waals surface area contributed by atoms with Gasteiger partial charge in [-0.3, -0.25) is 9.59 Å². The van der Waals surface area contributed by atoms with Gasteiger partial charge in [0.2, 0.25) is 0 Å². The minimum Gasteiger partial charge on any atom is -0.477 e. The van der Waals surface area contributed by atoms with Crippen LogP contribution < -0.4 is 0 Å². The molecule has 0 aliphatic heterocycles. The molecule has 1 N–H and O–H groups in total. The smallest absolute Gasteiger partial charge is 0.361 e. The Morgan fingerprint density at radius 1 is 0.508 bits per heavy atom. The van der Waals surface area contributed by atoms with Gasteiger partial charge in [0.25, 0.3) is 6.29 Å². The van der Waals surface area contributed by atoms with Crippen molar-refractivity contribution in [2.75, 3.05) is 47.5 Å². The van der Waals surface area contributed by atoms with E-state index in [2.05, 4.69) is 98.9 Å². The van der Waals surface area contributed by atoms with E-state index in [0.29, 0.717) is 23.9 Å². The number of quaternary nitrogens is 1. The number of hydrogen-bond acceptors (Lipinski definition) is 7. The summed E-state index contributed by atoms with van der Waals surface area (Å²) in [4.78, 5) is 36.9. The molecular weight excluding hydrogens is 767 g/mol. The topological polar surface area (TPSA) is 108 Å². The first-order chi connectivity index (χ1) is 29.6. The lowest BCUT2D eigenvalue weighted by Gasteiger charge is -2.25. The lowest BCUT2D eigenvalue weighted by molar-refractivity contribution is -0.870. The predicted octanol–water partition coefficient (Wildman–Crippen LogP) is 12.9. The molecule has 0 aliphatic carbocycles. The Bertz CT molecular complexity index is 1270. The summed E-state index contributed by atoms with van der Waals surface area (Å²) in [6.07, 6.45) is 52.4. The van der Waals surface area contributed by atoms with Gasteiger partial charge in [0.15, 0.2) is 6.10 Å². The van der Waals surface area contributed by atoms with Gasteiger partial charge in [0, 0.05) is 12.8 Å². The van der Waals surface area contributed by atoms with E-state index >= 15 is 0 Å². The number of carbonyl (C=O) groups excluding carboxylic acids is 2. The van der Waals surface area contributed by atoms with Gasteiger partial charge in [-0.1, -0.05) is 170 Å². The summed E-state index contributed by atoms with van der Waals surface area (Å²) in [6.45, 7) is 4.67. The first-order valence-corrected chi connectivity index (χ1v) is 23.8. The van der Waals surface area contributed by atoms with Gasteiger partial charge in [-0.2, -0.15) is 0 Å². The van der Waals surface area contributed by atoms with Crippen molar-refractivity contribution in [1.82, 2.24) is 0 Å². The van der Waals surface area contributed by atoms with Gasteiger partial charge in [0.05, 0.1) is 34.4 Å². The number of carboxylic acid groups (broad SMARTS) is 1. The maximum absolute atomic E-state index is 12.7. The van der Waals surface area contributed by atoms with Crippen LogP contribution in [-0.2, 0) is 33.3 Å². The Labute approximate surface area is 372 Å². The number of carbonyl (C=O) groups is 3. The van der Waals surface area contributed by atoms with E-state index in [1.807, 2.05) is 21.1 Å². The zero-order valence-corrected chi connectivity index (χ0v) is 39.3. The molecule has 0 radical (unpaired) electrons. The van der Waals surface area contributed by atoms with Gasteiger partial charge in [0.1, 0.15) is 13.2 Å². The molecule has 61 heavy (non-hydrogen) atoms. The van der Waals surface area contributed by atoms with Crippen LogP contribution in [0.5, 0.6) is 0 Å². The first kappa shape index (κ1) is 57.5. The zero-order valence-electron chi connectivity index (χ0n) is 39.3. The van der Waals surface area contributed by atoms with E-state index in [-0.39, 0.29) is 32.2 Å². The average Bonchev–Trinajstić information content (AvgIpc) is 3.22. The summed E-state index contributed by atoms with van der Waals surface area (Å²) in [7, 11) is 5.94. The molecule has 0 saturated heterocycles. The molecule has 0 amide bonds.